The number of nitrogens with zero attached hydrogens (tertiary/aromatic N) is 1. The average molecular weight is 476 g/mol. The Kier molecular flexibility index (Phi) is 21.3. The SMILES string of the molecule is CCCCCCCCCCCCN(C[C@H](O)[C@@H](O)[C@H](O)[C@H](O)CO)C(=O)CCCCCCC. The molecule has 0 aromatic heterocycles. The minimum Gasteiger partial charge on any atom is -0.394 e. The number of aliphatic hydroxyl groups excluding tert-OH is 5. The van der Waals surface area contributed by atoms with Gasteiger partial charge >= 0.3 is 0 Å². The molecule has 0 radical (unpaired) electrons. The van der Waals surface area contributed by atoms with Crippen LogP contribution >= 0.6 is 0 Å². The molecule has 0 aromatic rings. The molecule has 0 aliphatic heterocycles. The standard InChI is InChI=1S/C26H53NO6/c1-3-5-7-9-10-11-12-13-15-17-19-27(24(31)18-16-14-8-6-4-2)20-22(29)25(32)26(33)23(30)21-28/h22-23,25-26,28-30,32-33H,3-21H2,1-2H3/t22-,23+,25+,26+/m0/s1. The maximum absolute atomic E-state index is 12.8. The summed E-state index contributed by atoms with van der Waals surface area (Å²) in [6, 6.07) is 0. The van der Waals surface area contributed by atoms with E-state index in [9.17, 15) is 25.2 Å². The van der Waals surface area contributed by atoms with Gasteiger partial charge in [-0.25, -0.2) is 0 Å². The summed E-state index contributed by atoms with van der Waals surface area (Å²) in [7, 11) is 0. The van der Waals surface area contributed by atoms with Gasteiger partial charge in [0.05, 0.1) is 6.61 Å². The Morgan fingerprint density at radius 3 is 1.55 bits per heavy atom. The Hall–Kier alpha value is -0.730. The second-order valence-corrected chi connectivity index (χ2v) is 9.48. The van der Waals surface area contributed by atoms with E-state index in [1.54, 1.807) is 4.90 Å². The molecule has 0 saturated heterocycles. The fourth-order valence-electron chi connectivity index (χ4n) is 4.04. The number of amides is 1. The molecule has 198 valence electrons. The smallest absolute Gasteiger partial charge is 0.222 e. The zero-order chi connectivity index (χ0) is 24.9. The molecule has 0 rings (SSSR count). The molecule has 0 spiro atoms. The topological polar surface area (TPSA) is 121 Å². The van der Waals surface area contributed by atoms with Gasteiger partial charge in [0.25, 0.3) is 0 Å². The third-order valence-corrected chi connectivity index (χ3v) is 6.36. The van der Waals surface area contributed by atoms with Crippen molar-refractivity contribution in [3.8, 4) is 0 Å². The van der Waals surface area contributed by atoms with Gasteiger partial charge in [-0.2, -0.15) is 0 Å². The lowest BCUT2D eigenvalue weighted by molar-refractivity contribution is -0.140. The Morgan fingerprint density at radius 2 is 1.06 bits per heavy atom. The highest BCUT2D eigenvalue weighted by molar-refractivity contribution is 5.76. The van der Waals surface area contributed by atoms with Gasteiger partial charge in [0.1, 0.15) is 24.4 Å². The van der Waals surface area contributed by atoms with Gasteiger partial charge in [-0.05, 0) is 12.8 Å². The molecule has 0 unspecified atom stereocenters. The van der Waals surface area contributed by atoms with Crippen molar-refractivity contribution in [2.24, 2.45) is 0 Å². The van der Waals surface area contributed by atoms with Crippen LogP contribution in [0.3, 0.4) is 0 Å². The average Bonchev–Trinajstić information content (AvgIpc) is 2.82. The fraction of sp³-hybridized carbons (Fsp3) is 0.962. The maximum Gasteiger partial charge on any atom is 0.222 e. The molecule has 0 aromatic carbocycles. The zero-order valence-corrected chi connectivity index (χ0v) is 21.3. The normalized spacial score (nSPS) is 15.2. The Morgan fingerprint density at radius 1 is 0.636 bits per heavy atom. The van der Waals surface area contributed by atoms with Crippen LogP contribution < -0.4 is 0 Å². The first-order valence-corrected chi connectivity index (χ1v) is 13.5. The number of carbonyl (C=O) groups excluding carboxylic acids is 1. The largest absolute Gasteiger partial charge is 0.394 e. The highest BCUT2D eigenvalue weighted by Crippen LogP contribution is 2.14. The molecule has 33 heavy (non-hydrogen) atoms. The van der Waals surface area contributed by atoms with Crippen molar-refractivity contribution in [3.05, 3.63) is 0 Å². The third-order valence-electron chi connectivity index (χ3n) is 6.36. The summed E-state index contributed by atoms with van der Waals surface area (Å²) in [5, 5.41) is 48.8. The van der Waals surface area contributed by atoms with E-state index in [2.05, 4.69) is 13.8 Å². The molecule has 0 heterocycles. The summed E-state index contributed by atoms with van der Waals surface area (Å²) in [5.74, 6) is -0.0501. The van der Waals surface area contributed by atoms with Gasteiger partial charge in [0.2, 0.25) is 5.91 Å². The number of aliphatic hydroxyl groups is 5. The van der Waals surface area contributed by atoms with Crippen LogP contribution in [0.15, 0.2) is 0 Å². The van der Waals surface area contributed by atoms with E-state index in [4.69, 9.17) is 5.11 Å². The van der Waals surface area contributed by atoms with Crippen molar-refractivity contribution in [1.29, 1.82) is 0 Å². The van der Waals surface area contributed by atoms with Crippen LogP contribution in [0.5, 0.6) is 0 Å². The Labute approximate surface area is 202 Å². The van der Waals surface area contributed by atoms with Gasteiger partial charge < -0.3 is 30.4 Å². The quantitative estimate of drug-likeness (QED) is 0.144. The molecule has 1 amide bonds. The van der Waals surface area contributed by atoms with Crippen molar-refractivity contribution in [1.82, 2.24) is 4.90 Å². The van der Waals surface area contributed by atoms with Crippen molar-refractivity contribution in [2.75, 3.05) is 19.7 Å². The van der Waals surface area contributed by atoms with Crippen molar-refractivity contribution >= 4 is 5.91 Å². The summed E-state index contributed by atoms with van der Waals surface area (Å²) in [5.41, 5.74) is 0. The summed E-state index contributed by atoms with van der Waals surface area (Å²) in [6.07, 6.45) is 11.3. The van der Waals surface area contributed by atoms with E-state index >= 15 is 0 Å². The molecule has 5 N–H and O–H groups in total. The zero-order valence-electron chi connectivity index (χ0n) is 21.3. The Bertz CT molecular complexity index is 450. The van der Waals surface area contributed by atoms with E-state index in [-0.39, 0.29) is 12.5 Å². The lowest BCUT2D eigenvalue weighted by Gasteiger charge is -2.30. The molecular formula is C26H53NO6. The number of unbranched alkanes of at least 4 members (excludes halogenated alkanes) is 13. The van der Waals surface area contributed by atoms with Crippen LogP contribution in [0.2, 0.25) is 0 Å². The number of rotatable bonds is 23. The van der Waals surface area contributed by atoms with Crippen LogP contribution in [-0.2, 0) is 4.79 Å². The highest BCUT2D eigenvalue weighted by Gasteiger charge is 2.31. The lowest BCUT2D eigenvalue weighted by Crippen LogP contribution is -2.50. The van der Waals surface area contributed by atoms with Crippen LogP contribution in [0.1, 0.15) is 117 Å². The second-order valence-electron chi connectivity index (χ2n) is 9.48. The minimum atomic E-state index is -1.67. The lowest BCUT2D eigenvalue weighted by atomic mass is 10.0. The summed E-state index contributed by atoms with van der Waals surface area (Å²) in [4.78, 5) is 14.3. The maximum atomic E-state index is 12.8. The van der Waals surface area contributed by atoms with Gasteiger partial charge in [0, 0.05) is 19.5 Å². The van der Waals surface area contributed by atoms with Crippen molar-refractivity contribution in [3.63, 3.8) is 0 Å². The predicted molar refractivity (Wildman–Crippen MR) is 133 cm³/mol. The number of hydrogen-bond donors (Lipinski definition) is 5. The van der Waals surface area contributed by atoms with Crippen LogP contribution in [0.4, 0.5) is 0 Å². The van der Waals surface area contributed by atoms with Crippen LogP contribution in [0, 0.1) is 0 Å². The molecule has 4 atom stereocenters. The van der Waals surface area contributed by atoms with Crippen molar-refractivity contribution < 1.29 is 30.3 Å². The molecular weight excluding hydrogens is 422 g/mol. The van der Waals surface area contributed by atoms with E-state index in [0.29, 0.717) is 13.0 Å². The van der Waals surface area contributed by atoms with Crippen LogP contribution in [0.25, 0.3) is 0 Å². The molecule has 0 fully saturated rings. The molecule has 0 bridgehead atoms. The van der Waals surface area contributed by atoms with Gasteiger partial charge in [-0.1, -0.05) is 97.3 Å². The highest BCUT2D eigenvalue weighted by atomic mass is 16.4. The minimum absolute atomic E-state index is 0.0501. The second kappa shape index (κ2) is 21.8. The summed E-state index contributed by atoms with van der Waals surface area (Å²) >= 11 is 0. The molecule has 0 aliphatic rings. The van der Waals surface area contributed by atoms with Gasteiger partial charge in [-0.15, -0.1) is 0 Å². The van der Waals surface area contributed by atoms with Crippen LogP contribution in [-0.4, -0.2) is 80.5 Å². The molecule has 0 aliphatic carbocycles. The first-order valence-electron chi connectivity index (χ1n) is 13.5. The predicted octanol–water partition coefficient (Wildman–Crippen LogP) is 3.53. The van der Waals surface area contributed by atoms with E-state index in [1.807, 2.05) is 0 Å². The molecule has 0 saturated carbocycles. The number of hydrogen-bond acceptors (Lipinski definition) is 6. The van der Waals surface area contributed by atoms with E-state index in [1.165, 1.54) is 44.9 Å². The summed E-state index contributed by atoms with van der Waals surface area (Å²) < 4.78 is 0. The first-order chi connectivity index (χ1) is 15.9. The molecule has 7 nitrogen and oxygen atoms in total. The van der Waals surface area contributed by atoms with Gasteiger partial charge in [0.15, 0.2) is 0 Å². The van der Waals surface area contributed by atoms with E-state index in [0.717, 1.165) is 51.4 Å². The third kappa shape index (κ3) is 16.5. The molecule has 7 heteroatoms. The monoisotopic (exact) mass is 475 g/mol. The van der Waals surface area contributed by atoms with Gasteiger partial charge in [-0.3, -0.25) is 4.79 Å². The van der Waals surface area contributed by atoms with E-state index < -0.39 is 31.0 Å². The van der Waals surface area contributed by atoms with Crippen molar-refractivity contribution in [2.45, 2.75) is 141 Å². The Balaban J connectivity index is 4.49. The number of carbonyl (C=O) groups is 1. The fourth-order valence-corrected chi connectivity index (χ4v) is 4.04. The summed E-state index contributed by atoms with van der Waals surface area (Å²) in [6.45, 7) is 4.06. The first kappa shape index (κ1) is 32.3.